The molecule has 0 saturated heterocycles. The summed E-state index contributed by atoms with van der Waals surface area (Å²) < 4.78 is 16.4. The van der Waals surface area contributed by atoms with Crippen LogP contribution in [0.15, 0.2) is 24.3 Å². The van der Waals surface area contributed by atoms with Crippen LogP contribution in [0.4, 0.5) is 0 Å². The van der Waals surface area contributed by atoms with Crippen LogP contribution in [0.5, 0.6) is 11.5 Å². The molecule has 0 heterocycles. The van der Waals surface area contributed by atoms with Gasteiger partial charge in [-0.15, -0.1) is 0 Å². The van der Waals surface area contributed by atoms with Crippen molar-refractivity contribution in [3.05, 3.63) is 24.3 Å². The lowest BCUT2D eigenvalue weighted by atomic mass is 9.93. The van der Waals surface area contributed by atoms with E-state index in [1.54, 1.807) is 38.1 Å². The highest BCUT2D eigenvalue weighted by atomic mass is 16.7. The summed E-state index contributed by atoms with van der Waals surface area (Å²) in [7, 11) is 1.33. The Kier molecular flexibility index (Phi) is 7.67. The summed E-state index contributed by atoms with van der Waals surface area (Å²) in [5, 5.41) is 9.22. The molecule has 0 saturated carbocycles. The zero-order valence-electron chi connectivity index (χ0n) is 14.3. The molecule has 0 fully saturated rings. The Balaban J connectivity index is 2.99. The topological polar surface area (TPSA) is 108 Å². The number of benzene rings is 1. The number of ether oxygens (including phenoxy) is 3. The quantitative estimate of drug-likeness (QED) is 0.468. The number of rotatable bonds is 11. The van der Waals surface area contributed by atoms with E-state index in [-0.39, 0.29) is 12.8 Å². The van der Waals surface area contributed by atoms with E-state index in [1.807, 2.05) is 0 Å². The van der Waals surface area contributed by atoms with Gasteiger partial charge in [0.15, 0.2) is 0 Å². The molecule has 0 aromatic heterocycles. The maximum Gasteiger partial charge on any atom is 0.314 e. The first-order chi connectivity index (χ1) is 11.4. The monoisotopic (exact) mass is 339 g/mol. The van der Waals surface area contributed by atoms with Crippen LogP contribution in [-0.2, 0) is 14.3 Å². The van der Waals surface area contributed by atoms with E-state index >= 15 is 0 Å². The largest absolute Gasteiger partial charge is 0.492 e. The highest BCUT2D eigenvalue weighted by Crippen LogP contribution is 2.28. The van der Waals surface area contributed by atoms with Crippen molar-refractivity contribution in [3.8, 4) is 11.5 Å². The maximum absolute atomic E-state index is 12.6. The number of carboxylic acid groups (broad SMARTS) is 1. The van der Waals surface area contributed by atoms with Crippen molar-refractivity contribution in [1.82, 2.24) is 0 Å². The Morgan fingerprint density at radius 2 is 1.79 bits per heavy atom. The average molecular weight is 339 g/mol. The molecule has 134 valence electrons. The number of hydrogen-bond acceptors (Lipinski definition) is 6. The summed E-state index contributed by atoms with van der Waals surface area (Å²) in [6, 6.07) is 6.62. The van der Waals surface area contributed by atoms with Crippen LogP contribution >= 0.6 is 0 Å². The highest BCUT2D eigenvalue weighted by Gasteiger charge is 2.45. The summed E-state index contributed by atoms with van der Waals surface area (Å²) in [5.74, 6) is -3.61. The third-order valence-corrected chi connectivity index (χ3v) is 3.69. The van der Waals surface area contributed by atoms with Gasteiger partial charge in [-0.2, -0.15) is 0 Å². The van der Waals surface area contributed by atoms with E-state index < -0.39 is 23.5 Å². The summed E-state index contributed by atoms with van der Waals surface area (Å²) >= 11 is 0. The summed E-state index contributed by atoms with van der Waals surface area (Å²) in [4.78, 5) is 23.9. The third-order valence-electron chi connectivity index (χ3n) is 3.69. The molecule has 7 nitrogen and oxygen atoms in total. The number of carboxylic acids is 1. The van der Waals surface area contributed by atoms with Crippen molar-refractivity contribution in [2.75, 3.05) is 20.3 Å². The number of carbonyl (C=O) groups excluding carboxylic acids is 1. The van der Waals surface area contributed by atoms with Gasteiger partial charge in [-0.1, -0.05) is 13.8 Å². The molecular formula is C17H25NO6. The van der Waals surface area contributed by atoms with E-state index in [0.717, 1.165) is 0 Å². The number of nitrogens with two attached hydrogens (primary N) is 1. The Morgan fingerprint density at radius 3 is 2.21 bits per heavy atom. The molecule has 1 aromatic rings. The van der Waals surface area contributed by atoms with Crippen LogP contribution in [0, 0.1) is 5.92 Å². The minimum Gasteiger partial charge on any atom is -0.492 e. The normalized spacial score (nSPS) is 14.5. The molecule has 0 radical (unpaired) electrons. The van der Waals surface area contributed by atoms with E-state index in [4.69, 9.17) is 19.9 Å². The molecule has 1 rings (SSSR count). The molecule has 2 atom stereocenters. The van der Waals surface area contributed by atoms with Crippen LogP contribution in [0.25, 0.3) is 0 Å². The smallest absolute Gasteiger partial charge is 0.314 e. The minimum atomic E-state index is -1.64. The molecular weight excluding hydrogens is 314 g/mol. The first-order valence-electron chi connectivity index (χ1n) is 7.88. The number of carbonyl (C=O) groups is 2. The molecule has 24 heavy (non-hydrogen) atoms. The zero-order valence-corrected chi connectivity index (χ0v) is 14.3. The molecule has 0 amide bonds. The fourth-order valence-corrected chi connectivity index (χ4v) is 2.29. The van der Waals surface area contributed by atoms with Gasteiger partial charge in [-0.3, -0.25) is 9.59 Å². The lowest BCUT2D eigenvalue weighted by Gasteiger charge is -2.32. The number of aliphatic carboxylic acids is 1. The lowest BCUT2D eigenvalue weighted by Crippen LogP contribution is -2.50. The van der Waals surface area contributed by atoms with Crippen molar-refractivity contribution in [2.24, 2.45) is 11.7 Å². The Bertz CT molecular complexity index is 539. The van der Waals surface area contributed by atoms with Gasteiger partial charge >= 0.3 is 5.97 Å². The number of methoxy groups -OCH3 is 1. The molecule has 3 N–H and O–H groups in total. The van der Waals surface area contributed by atoms with E-state index in [0.29, 0.717) is 24.7 Å². The van der Waals surface area contributed by atoms with Gasteiger partial charge in [0, 0.05) is 20.1 Å². The Labute approximate surface area is 141 Å². The summed E-state index contributed by atoms with van der Waals surface area (Å²) in [6.45, 7) is 4.14. The van der Waals surface area contributed by atoms with Gasteiger partial charge in [0.05, 0.1) is 0 Å². The minimum absolute atomic E-state index is 0.161. The van der Waals surface area contributed by atoms with Crippen molar-refractivity contribution < 1.29 is 28.9 Å². The highest BCUT2D eigenvalue weighted by molar-refractivity contribution is 6.02. The third kappa shape index (κ3) is 4.69. The first kappa shape index (κ1) is 19.9. The first-order valence-corrected chi connectivity index (χ1v) is 7.88. The second-order valence-corrected chi connectivity index (χ2v) is 5.18. The predicted octanol–water partition coefficient (Wildman–Crippen LogP) is 1.84. The predicted molar refractivity (Wildman–Crippen MR) is 88.1 cm³/mol. The van der Waals surface area contributed by atoms with Crippen molar-refractivity contribution in [2.45, 2.75) is 32.5 Å². The molecule has 7 heteroatoms. The molecule has 0 spiro atoms. The number of Topliss-reactive ketones (excluding diaryl/α,β-unsaturated/α-hetero) is 1. The van der Waals surface area contributed by atoms with Gasteiger partial charge < -0.3 is 25.1 Å². The van der Waals surface area contributed by atoms with Crippen molar-refractivity contribution in [3.63, 3.8) is 0 Å². The van der Waals surface area contributed by atoms with Gasteiger partial charge in [-0.05, 0) is 30.7 Å². The second-order valence-electron chi connectivity index (χ2n) is 5.18. The van der Waals surface area contributed by atoms with Crippen molar-refractivity contribution >= 4 is 11.8 Å². The number of hydrogen-bond donors (Lipinski definition) is 2. The standard InChI is InChI=1S/C17H25NO6/c1-4-14(16(20)21)15(19)17(5-2,22-3)24-13-8-6-12(7-9-13)23-11-10-18/h6-9,14H,4-5,10-11,18H2,1-3H3,(H,20,21). The van der Waals surface area contributed by atoms with Gasteiger partial charge in [0.25, 0.3) is 5.79 Å². The van der Waals surface area contributed by atoms with Crippen molar-refractivity contribution in [1.29, 1.82) is 0 Å². The van der Waals surface area contributed by atoms with Crippen LogP contribution in [-0.4, -0.2) is 42.9 Å². The molecule has 1 aromatic carbocycles. The van der Waals surface area contributed by atoms with Crippen LogP contribution in [0.3, 0.4) is 0 Å². The molecule has 2 unspecified atom stereocenters. The SMILES string of the molecule is CCC(C(=O)O)C(=O)C(CC)(OC)Oc1ccc(OCCN)cc1. The molecule has 0 aliphatic heterocycles. The van der Waals surface area contributed by atoms with E-state index in [2.05, 4.69) is 0 Å². The fourth-order valence-electron chi connectivity index (χ4n) is 2.29. The van der Waals surface area contributed by atoms with Crippen LogP contribution in [0.1, 0.15) is 26.7 Å². The van der Waals surface area contributed by atoms with Crippen LogP contribution in [0.2, 0.25) is 0 Å². The molecule has 0 bridgehead atoms. The average Bonchev–Trinajstić information content (AvgIpc) is 2.59. The van der Waals surface area contributed by atoms with Gasteiger partial charge in [-0.25, -0.2) is 0 Å². The Morgan fingerprint density at radius 1 is 1.21 bits per heavy atom. The molecule has 0 aliphatic rings. The summed E-state index contributed by atoms with van der Waals surface area (Å²) in [5.41, 5.74) is 5.37. The maximum atomic E-state index is 12.6. The fraction of sp³-hybridized carbons (Fsp3) is 0.529. The van der Waals surface area contributed by atoms with Gasteiger partial charge in [0.1, 0.15) is 24.0 Å². The zero-order chi connectivity index (χ0) is 18.2. The Hall–Kier alpha value is -2.12. The van der Waals surface area contributed by atoms with Crippen LogP contribution < -0.4 is 15.2 Å². The lowest BCUT2D eigenvalue weighted by molar-refractivity contribution is -0.191. The molecule has 0 aliphatic carbocycles. The van der Waals surface area contributed by atoms with E-state index in [9.17, 15) is 14.7 Å². The van der Waals surface area contributed by atoms with E-state index in [1.165, 1.54) is 7.11 Å². The second kappa shape index (κ2) is 9.24. The summed E-state index contributed by atoms with van der Waals surface area (Å²) in [6.07, 6.45) is 0.339. The van der Waals surface area contributed by atoms with Gasteiger partial charge in [0.2, 0.25) is 5.78 Å². The number of ketones is 1.